The van der Waals surface area contributed by atoms with Gasteiger partial charge in [0.05, 0.1) is 12.6 Å². The summed E-state index contributed by atoms with van der Waals surface area (Å²) in [5.41, 5.74) is 3.07. The predicted octanol–water partition coefficient (Wildman–Crippen LogP) is 4.98. The topological polar surface area (TPSA) is 55.3 Å². The molecular formula is C21H21N3O2. The number of hydrogen-bond donors (Lipinski definition) is 0. The van der Waals surface area contributed by atoms with E-state index in [-0.39, 0.29) is 6.04 Å². The van der Waals surface area contributed by atoms with Gasteiger partial charge in [0.2, 0.25) is 11.7 Å². The predicted molar refractivity (Wildman–Crippen MR) is 101 cm³/mol. The van der Waals surface area contributed by atoms with E-state index < -0.39 is 0 Å². The van der Waals surface area contributed by atoms with E-state index in [4.69, 9.17) is 8.94 Å². The van der Waals surface area contributed by atoms with Crippen molar-refractivity contribution >= 4 is 11.0 Å². The van der Waals surface area contributed by atoms with Crippen molar-refractivity contribution < 1.29 is 8.94 Å². The van der Waals surface area contributed by atoms with E-state index in [9.17, 15) is 0 Å². The minimum atomic E-state index is 0.0946. The number of fused-ring (bicyclic) bond motifs is 1. The average Bonchev–Trinajstić information content (AvgIpc) is 3.28. The van der Waals surface area contributed by atoms with Gasteiger partial charge in [-0.15, -0.1) is 0 Å². The van der Waals surface area contributed by atoms with Crippen molar-refractivity contribution in [1.29, 1.82) is 0 Å². The summed E-state index contributed by atoms with van der Waals surface area (Å²) in [5, 5.41) is 5.21. The lowest BCUT2D eigenvalue weighted by Gasteiger charge is -2.20. The molecule has 0 saturated carbocycles. The molecule has 0 aliphatic carbocycles. The molecule has 4 aromatic rings. The normalized spacial score (nSPS) is 12.8. The van der Waals surface area contributed by atoms with Crippen LogP contribution in [0.3, 0.4) is 0 Å². The highest BCUT2D eigenvalue weighted by Crippen LogP contribution is 2.27. The highest BCUT2D eigenvalue weighted by molar-refractivity contribution is 5.77. The molecule has 0 aliphatic heterocycles. The van der Waals surface area contributed by atoms with E-state index in [1.54, 1.807) is 0 Å². The Morgan fingerprint density at radius 1 is 1.08 bits per heavy atom. The summed E-state index contributed by atoms with van der Waals surface area (Å²) in [4.78, 5) is 6.65. The fourth-order valence-corrected chi connectivity index (χ4v) is 2.91. The maximum Gasteiger partial charge on any atom is 0.241 e. The third-order valence-corrected chi connectivity index (χ3v) is 4.68. The van der Waals surface area contributed by atoms with Crippen molar-refractivity contribution in [3.8, 4) is 11.4 Å². The van der Waals surface area contributed by atoms with Gasteiger partial charge in [-0.25, -0.2) is 0 Å². The van der Waals surface area contributed by atoms with E-state index in [1.165, 1.54) is 5.56 Å². The van der Waals surface area contributed by atoms with Crippen LogP contribution in [0.25, 0.3) is 22.4 Å². The largest absolute Gasteiger partial charge is 0.459 e. The number of hydrogen-bond acceptors (Lipinski definition) is 5. The summed E-state index contributed by atoms with van der Waals surface area (Å²) < 4.78 is 11.4. The Labute approximate surface area is 152 Å². The second-order valence-corrected chi connectivity index (χ2v) is 6.66. The third kappa shape index (κ3) is 3.26. The second kappa shape index (κ2) is 6.77. The minimum absolute atomic E-state index is 0.0946. The Morgan fingerprint density at radius 3 is 2.62 bits per heavy atom. The van der Waals surface area contributed by atoms with Gasteiger partial charge in [-0.05, 0) is 33.0 Å². The zero-order chi connectivity index (χ0) is 18.1. The van der Waals surface area contributed by atoms with Gasteiger partial charge in [0, 0.05) is 10.9 Å². The smallest absolute Gasteiger partial charge is 0.241 e. The van der Waals surface area contributed by atoms with Crippen LogP contribution in [-0.2, 0) is 6.54 Å². The van der Waals surface area contributed by atoms with Gasteiger partial charge in [0.25, 0.3) is 0 Å². The Balaban J connectivity index is 1.49. The molecule has 5 heteroatoms. The Morgan fingerprint density at radius 2 is 1.85 bits per heavy atom. The molecule has 0 amide bonds. The molecule has 0 saturated heterocycles. The molecule has 0 unspecified atom stereocenters. The fourth-order valence-electron chi connectivity index (χ4n) is 2.91. The van der Waals surface area contributed by atoms with Crippen molar-refractivity contribution in [2.75, 3.05) is 7.05 Å². The first-order chi connectivity index (χ1) is 12.6. The SMILES string of the molecule is Cc1ccc(-c2noc(CN(C)[C@H](C)c3cc4ccccc4o3)n2)cc1. The molecule has 1 atom stereocenters. The van der Waals surface area contributed by atoms with E-state index in [0.29, 0.717) is 18.3 Å². The fraction of sp³-hybridized carbons (Fsp3) is 0.238. The molecule has 0 bridgehead atoms. The molecule has 0 radical (unpaired) electrons. The monoisotopic (exact) mass is 347 g/mol. The van der Waals surface area contributed by atoms with Crippen LogP contribution < -0.4 is 0 Å². The molecule has 132 valence electrons. The zero-order valence-electron chi connectivity index (χ0n) is 15.1. The maximum atomic E-state index is 5.97. The van der Waals surface area contributed by atoms with Gasteiger partial charge >= 0.3 is 0 Å². The van der Waals surface area contributed by atoms with Crippen LogP contribution in [0.15, 0.2) is 63.5 Å². The lowest BCUT2D eigenvalue weighted by Crippen LogP contribution is -2.21. The second-order valence-electron chi connectivity index (χ2n) is 6.66. The van der Waals surface area contributed by atoms with Crippen LogP contribution >= 0.6 is 0 Å². The lowest BCUT2D eigenvalue weighted by atomic mass is 10.1. The van der Waals surface area contributed by atoms with Crippen LogP contribution in [0.1, 0.15) is 30.2 Å². The van der Waals surface area contributed by atoms with Gasteiger partial charge in [0.1, 0.15) is 11.3 Å². The highest BCUT2D eigenvalue weighted by atomic mass is 16.5. The van der Waals surface area contributed by atoms with Crippen LogP contribution in [0.4, 0.5) is 0 Å². The molecule has 0 spiro atoms. The first-order valence-corrected chi connectivity index (χ1v) is 8.68. The number of aromatic nitrogens is 2. The van der Waals surface area contributed by atoms with Crippen molar-refractivity contribution in [1.82, 2.24) is 15.0 Å². The number of benzene rings is 2. The number of rotatable bonds is 5. The standard InChI is InChI=1S/C21H21N3O2/c1-14-8-10-16(11-9-14)21-22-20(26-23-21)13-24(3)15(2)19-12-17-6-4-5-7-18(17)25-19/h4-12,15H,13H2,1-3H3/t15-/m1/s1. The van der Waals surface area contributed by atoms with E-state index in [0.717, 1.165) is 22.3 Å². The third-order valence-electron chi connectivity index (χ3n) is 4.68. The van der Waals surface area contributed by atoms with Crippen molar-refractivity contribution in [3.05, 3.63) is 71.8 Å². The molecule has 0 fully saturated rings. The number of nitrogens with zero attached hydrogens (tertiary/aromatic N) is 3. The average molecular weight is 347 g/mol. The molecule has 5 nitrogen and oxygen atoms in total. The molecule has 4 rings (SSSR count). The Hall–Kier alpha value is -2.92. The van der Waals surface area contributed by atoms with E-state index >= 15 is 0 Å². The molecule has 0 aliphatic rings. The van der Waals surface area contributed by atoms with Crippen LogP contribution in [0.2, 0.25) is 0 Å². The van der Waals surface area contributed by atoms with Crippen molar-refractivity contribution in [3.63, 3.8) is 0 Å². The molecular weight excluding hydrogens is 326 g/mol. The summed E-state index contributed by atoms with van der Waals surface area (Å²) in [6.07, 6.45) is 0. The minimum Gasteiger partial charge on any atom is -0.459 e. The van der Waals surface area contributed by atoms with Crippen molar-refractivity contribution in [2.45, 2.75) is 26.4 Å². The first-order valence-electron chi connectivity index (χ1n) is 8.68. The van der Waals surface area contributed by atoms with Gasteiger partial charge in [-0.1, -0.05) is 53.2 Å². The number of aryl methyl sites for hydroxylation is 1. The van der Waals surface area contributed by atoms with E-state index in [1.807, 2.05) is 49.5 Å². The highest BCUT2D eigenvalue weighted by Gasteiger charge is 2.19. The Bertz CT molecular complexity index is 984. The maximum absolute atomic E-state index is 5.97. The molecule has 2 aromatic heterocycles. The summed E-state index contributed by atoms with van der Waals surface area (Å²) in [6, 6.07) is 18.3. The molecule has 0 N–H and O–H groups in total. The van der Waals surface area contributed by atoms with Gasteiger partial charge in [-0.2, -0.15) is 4.98 Å². The molecule has 26 heavy (non-hydrogen) atoms. The van der Waals surface area contributed by atoms with Crippen LogP contribution in [-0.4, -0.2) is 22.1 Å². The molecule has 2 aromatic carbocycles. The summed E-state index contributed by atoms with van der Waals surface area (Å²) in [6.45, 7) is 4.71. The lowest BCUT2D eigenvalue weighted by molar-refractivity contribution is 0.198. The van der Waals surface area contributed by atoms with Gasteiger partial charge in [-0.3, -0.25) is 4.90 Å². The summed E-state index contributed by atoms with van der Waals surface area (Å²) in [5.74, 6) is 2.13. The molecule has 2 heterocycles. The van der Waals surface area contributed by atoms with E-state index in [2.05, 4.69) is 41.0 Å². The number of furan rings is 1. The zero-order valence-corrected chi connectivity index (χ0v) is 15.1. The van der Waals surface area contributed by atoms with Crippen LogP contribution in [0, 0.1) is 6.92 Å². The van der Waals surface area contributed by atoms with Crippen LogP contribution in [0.5, 0.6) is 0 Å². The summed E-state index contributed by atoms with van der Waals surface area (Å²) >= 11 is 0. The van der Waals surface area contributed by atoms with Gasteiger partial charge < -0.3 is 8.94 Å². The quantitative estimate of drug-likeness (QED) is 0.509. The summed E-state index contributed by atoms with van der Waals surface area (Å²) in [7, 11) is 2.02. The van der Waals surface area contributed by atoms with Crippen molar-refractivity contribution in [2.24, 2.45) is 0 Å². The van der Waals surface area contributed by atoms with Gasteiger partial charge in [0.15, 0.2) is 0 Å². The first kappa shape index (κ1) is 16.5. The Kier molecular flexibility index (Phi) is 4.31. The number of para-hydroxylation sites is 1.